The van der Waals surface area contributed by atoms with Gasteiger partial charge in [-0.15, -0.1) is 5.10 Å². The highest BCUT2D eigenvalue weighted by molar-refractivity contribution is 7.03. The Morgan fingerprint density at radius 2 is 2.54 bits per heavy atom. The summed E-state index contributed by atoms with van der Waals surface area (Å²) in [6, 6.07) is 0. The number of nitrogens with one attached hydrogen (secondary N) is 1. The maximum atomic E-state index is 11.3. The van der Waals surface area contributed by atoms with Crippen molar-refractivity contribution in [3.05, 3.63) is 23.5 Å². The smallest absolute Gasteiger partial charge is 0.277 e. The van der Waals surface area contributed by atoms with Crippen molar-refractivity contribution in [3.63, 3.8) is 0 Å². The maximum absolute atomic E-state index is 11.3. The summed E-state index contributed by atoms with van der Waals surface area (Å²) in [5, 5.41) is 11.1. The average molecular weight is 196 g/mol. The van der Waals surface area contributed by atoms with Crippen LogP contribution in [0.1, 0.15) is 10.5 Å². The fourth-order valence-corrected chi connectivity index (χ4v) is 1.16. The van der Waals surface area contributed by atoms with Gasteiger partial charge in [-0.05, 0) is 11.5 Å². The molecule has 0 saturated carbocycles. The highest BCUT2D eigenvalue weighted by Gasteiger charge is 2.09. The van der Waals surface area contributed by atoms with Gasteiger partial charge in [0.2, 0.25) is 0 Å². The quantitative estimate of drug-likeness (QED) is 0.767. The molecule has 2 rings (SSSR count). The van der Waals surface area contributed by atoms with Crippen LogP contribution in [-0.2, 0) is 0 Å². The lowest BCUT2D eigenvalue weighted by molar-refractivity contribution is 0.102. The van der Waals surface area contributed by atoms with E-state index in [9.17, 15) is 4.79 Å². The van der Waals surface area contributed by atoms with Crippen LogP contribution in [0.5, 0.6) is 0 Å². The monoisotopic (exact) mass is 196 g/mol. The van der Waals surface area contributed by atoms with Crippen LogP contribution in [0, 0.1) is 0 Å². The minimum atomic E-state index is -0.322. The second-order valence-corrected chi connectivity index (χ2v) is 2.77. The number of amides is 1. The molecule has 1 amide bonds. The molecule has 0 aliphatic rings. The van der Waals surface area contributed by atoms with E-state index in [2.05, 4.69) is 24.6 Å². The van der Waals surface area contributed by atoms with E-state index < -0.39 is 0 Å². The van der Waals surface area contributed by atoms with Crippen molar-refractivity contribution in [3.8, 4) is 0 Å². The molecule has 0 aliphatic heterocycles. The Labute approximate surface area is 76.7 Å². The number of hydrogen-bond donors (Lipinski definition) is 1. The third-order valence-corrected chi connectivity index (χ3v) is 1.79. The van der Waals surface area contributed by atoms with E-state index in [1.54, 1.807) is 5.38 Å². The predicted octanol–water partition coefficient (Wildman–Crippen LogP) is 0.778. The van der Waals surface area contributed by atoms with Crippen molar-refractivity contribution in [1.82, 2.24) is 14.7 Å². The summed E-state index contributed by atoms with van der Waals surface area (Å²) in [5.41, 5.74) is 0.782. The van der Waals surface area contributed by atoms with Gasteiger partial charge in [-0.2, -0.15) is 0 Å². The summed E-state index contributed by atoms with van der Waals surface area (Å²) in [7, 11) is 0. The summed E-state index contributed by atoms with van der Waals surface area (Å²) in [6.45, 7) is 0. The van der Waals surface area contributed by atoms with Gasteiger partial charge in [-0.25, -0.2) is 0 Å². The van der Waals surface area contributed by atoms with E-state index in [0.717, 1.165) is 11.5 Å². The molecule has 6 nitrogen and oxygen atoms in total. The minimum Gasteiger partial charge on any atom is -0.363 e. The van der Waals surface area contributed by atoms with Crippen LogP contribution in [-0.4, -0.2) is 20.7 Å². The third kappa shape index (κ3) is 1.70. The minimum absolute atomic E-state index is 0.284. The Balaban J connectivity index is 2.08. The number of nitrogens with zero attached hydrogens (tertiary/aromatic N) is 3. The molecule has 0 atom stereocenters. The zero-order valence-corrected chi connectivity index (χ0v) is 7.11. The van der Waals surface area contributed by atoms with Crippen molar-refractivity contribution in [2.24, 2.45) is 0 Å². The lowest BCUT2D eigenvalue weighted by Gasteiger charge is -1.95. The van der Waals surface area contributed by atoms with Crippen LogP contribution in [0.15, 0.2) is 22.4 Å². The Morgan fingerprint density at radius 1 is 1.62 bits per heavy atom. The van der Waals surface area contributed by atoms with Crippen LogP contribution in [0.25, 0.3) is 0 Å². The third-order valence-electron chi connectivity index (χ3n) is 1.28. The van der Waals surface area contributed by atoms with Crippen molar-refractivity contribution in [2.45, 2.75) is 0 Å². The first-order valence-electron chi connectivity index (χ1n) is 3.34. The van der Waals surface area contributed by atoms with Crippen molar-refractivity contribution >= 4 is 23.1 Å². The summed E-state index contributed by atoms with van der Waals surface area (Å²) in [6.07, 6.45) is 2.73. The highest BCUT2D eigenvalue weighted by atomic mass is 32.1. The molecule has 0 spiro atoms. The first-order valence-corrected chi connectivity index (χ1v) is 4.18. The molecule has 2 aromatic rings. The van der Waals surface area contributed by atoms with Crippen molar-refractivity contribution in [2.75, 3.05) is 5.32 Å². The van der Waals surface area contributed by atoms with Crippen LogP contribution in [0.3, 0.4) is 0 Å². The lowest BCUT2D eigenvalue weighted by Crippen LogP contribution is -2.11. The molecule has 0 radical (unpaired) electrons. The summed E-state index contributed by atoms with van der Waals surface area (Å²) >= 11 is 1.12. The van der Waals surface area contributed by atoms with E-state index in [1.807, 2.05) is 0 Å². The highest BCUT2D eigenvalue weighted by Crippen LogP contribution is 2.06. The van der Waals surface area contributed by atoms with E-state index in [0.29, 0.717) is 5.69 Å². The number of hydrogen-bond acceptors (Lipinski definition) is 6. The molecule has 0 unspecified atom stereocenters. The molecule has 13 heavy (non-hydrogen) atoms. The molecular weight excluding hydrogens is 192 g/mol. The van der Waals surface area contributed by atoms with Gasteiger partial charge in [-0.3, -0.25) is 4.79 Å². The number of carbonyl (C=O) groups is 1. The molecule has 7 heteroatoms. The Kier molecular flexibility index (Phi) is 2.01. The summed E-state index contributed by atoms with van der Waals surface area (Å²) in [4.78, 5) is 11.3. The first kappa shape index (κ1) is 7.87. The van der Waals surface area contributed by atoms with E-state index in [4.69, 9.17) is 0 Å². The molecule has 66 valence electrons. The average Bonchev–Trinajstić information content (AvgIpc) is 2.74. The van der Waals surface area contributed by atoms with Gasteiger partial charge in [0.1, 0.15) is 12.0 Å². The van der Waals surface area contributed by atoms with E-state index in [1.165, 1.54) is 12.5 Å². The predicted molar refractivity (Wildman–Crippen MR) is 44.4 cm³/mol. The van der Waals surface area contributed by atoms with Gasteiger partial charge >= 0.3 is 0 Å². The van der Waals surface area contributed by atoms with Crippen molar-refractivity contribution < 1.29 is 9.32 Å². The number of anilines is 1. The van der Waals surface area contributed by atoms with Gasteiger partial charge in [0, 0.05) is 5.38 Å². The topological polar surface area (TPSA) is 80.9 Å². The van der Waals surface area contributed by atoms with Crippen LogP contribution in [0.2, 0.25) is 0 Å². The first-order chi connectivity index (χ1) is 6.36. The zero-order chi connectivity index (χ0) is 9.10. The standard InChI is InChI=1S/C6H4N4O2S/c11-6(5-3-13-10-9-5)8-4-1-7-12-2-4/h1-3H,(H,8,11). The fraction of sp³-hybridized carbons (Fsp3) is 0. The second-order valence-electron chi connectivity index (χ2n) is 2.16. The molecule has 0 bridgehead atoms. The number of carbonyl (C=O) groups excluding carboxylic acids is 1. The lowest BCUT2D eigenvalue weighted by atomic mass is 10.4. The van der Waals surface area contributed by atoms with E-state index in [-0.39, 0.29) is 11.6 Å². The molecule has 2 heterocycles. The molecular formula is C6H4N4O2S. The van der Waals surface area contributed by atoms with Gasteiger partial charge < -0.3 is 9.84 Å². The Bertz CT molecular complexity index is 383. The fourth-order valence-electron chi connectivity index (χ4n) is 0.725. The molecule has 0 fully saturated rings. The zero-order valence-electron chi connectivity index (χ0n) is 6.30. The number of rotatable bonds is 2. The Hall–Kier alpha value is -1.76. The van der Waals surface area contributed by atoms with Crippen molar-refractivity contribution in [1.29, 1.82) is 0 Å². The van der Waals surface area contributed by atoms with Gasteiger partial charge in [0.05, 0.1) is 6.20 Å². The summed E-state index contributed by atoms with van der Waals surface area (Å²) in [5.74, 6) is -0.322. The largest absolute Gasteiger partial charge is 0.363 e. The van der Waals surface area contributed by atoms with Gasteiger partial charge in [0.25, 0.3) is 5.91 Å². The van der Waals surface area contributed by atoms with Crippen LogP contribution in [0.4, 0.5) is 5.69 Å². The van der Waals surface area contributed by atoms with Gasteiger partial charge in [0.15, 0.2) is 5.69 Å². The van der Waals surface area contributed by atoms with Crippen LogP contribution < -0.4 is 5.32 Å². The summed E-state index contributed by atoms with van der Waals surface area (Å²) < 4.78 is 8.10. The van der Waals surface area contributed by atoms with Crippen LogP contribution >= 0.6 is 11.5 Å². The molecule has 0 aromatic carbocycles. The second kappa shape index (κ2) is 3.31. The SMILES string of the molecule is O=C(Nc1cnoc1)c1csnn1. The molecule has 0 aliphatic carbocycles. The normalized spacial score (nSPS) is 9.85. The molecule has 0 saturated heterocycles. The maximum Gasteiger partial charge on any atom is 0.277 e. The number of aromatic nitrogens is 3. The van der Waals surface area contributed by atoms with E-state index >= 15 is 0 Å². The molecule has 1 N–H and O–H groups in total. The Morgan fingerprint density at radius 3 is 3.15 bits per heavy atom. The van der Waals surface area contributed by atoms with Gasteiger partial charge in [-0.1, -0.05) is 9.64 Å². The molecule has 2 aromatic heterocycles.